The lowest BCUT2D eigenvalue weighted by molar-refractivity contribution is 0.764. The minimum absolute atomic E-state index is 0.0893. The smallest absolute Gasteiger partial charge is 0.0585 e. The van der Waals surface area contributed by atoms with Gasteiger partial charge in [0.25, 0.3) is 0 Å². The van der Waals surface area contributed by atoms with E-state index in [-0.39, 0.29) is 6.04 Å². The van der Waals surface area contributed by atoms with Crippen molar-refractivity contribution >= 4 is 0 Å². The van der Waals surface area contributed by atoms with Crippen LogP contribution in [0.3, 0.4) is 0 Å². The Labute approximate surface area is 95.9 Å². The monoisotopic (exact) mass is 215 g/mol. The Morgan fingerprint density at radius 3 is 2.69 bits per heavy atom. The van der Waals surface area contributed by atoms with Gasteiger partial charge in [0, 0.05) is 18.8 Å². The van der Waals surface area contributed by atoms with Gasteiger partial charge in [-0.1, -0.05) is 23.8 Å². The van der Waals surface area contributed by atoms with E-state index in [2.05, 4.69) is 37.1 Å². The third kappa shape index (κ3) is 1.99. The topological polar surface area (TPSA) is 43.8 Å². The molecule has 0 radical (unpaired) electrons. The molecule has 2 N–H and O–H groups in total. The molecule has 16 heavy (non-hydrogen) atoms. The van der Waals surface area contributed by atoms with Gasteiger partial charge < -0.3 is 5.73 Å². The van der Waals surface area contributed by atoms with E-state index in [1.54, 1.807) is 4.68 Å². The van der Waals surface area contributed by atoms with E-state index in [9.17, 15) is 0 Å². The molecule has 1 atom stereocenters. The van der Waals surface area contributed by atoms with E-state index in [0.29, 0.717) is 0 Å². The zero-order valence-corrected chi connectivity index (χ0v) is 9.94. The third-order valence-electron chi connectivity index (χ3n) is 2.85. The second-order valence-corrected chi connectivity index (χ2v) is 4.29. The van der Waals surface area contributed by atoms with Gasteiger partial charge in [0.2, 0.25) is 0 Å². The standard InChI is InChI=1S/C13H17N3/c1-9-4-5-10(2)12(6-9)13(14)11-7-15-16(3)8-11/h4-8,13H,14H2,1-3H3. The fourth-order valence-corrected chi connectivity index (χ4v) is 1.88. The van der Waals surface area contributed by atoms with Crippen LogP contribution in [0.15, 0.2) is 30.6 Å². The molecule has 3 heteroatoms. The fourth-order valence-electron chi connectivity index (χ4n) is 1.88. The highest BCUT2D eigenvalue weighted by Gasteiger charge is 2.12. The van der Waals surface area contributed by atoms with E-state index in [0.717, 1.165) is 5.56 Å². The van der Waals surface area contributed by atoms with Gasteiger partial charge >= 0.3 is 0 Å². The van der Waals surface area contributed by atoms with Crippen LogP contribution in [0.1, 0.15) is 28.3 Å². The van der Waals surface area contributed by atoms with Crippen LogP contribution in [0, 0.1) is 13.8 Å². The SMILES string of the molecule is Cc1ccc(C)c(C(N)c2cnn(C)c2)c1. The Kier molecular flexibility index (Phi) is 2.79. The summed E-state index contributed by atoms with van der Waals surface area (Å²) >= 11 is 0. The van der Waals surface area contributed by atoms with Crippen LogP contribution in [0.4, 0.5) is 0 Å². The largest absolute Gasteiger partial charge is 0.320 e. The maximum Gasteiger partial charge on any atom is 0.0585 e. The highest BCUT2D eigenvalue weighted by Crippen LogP contribution is 2.23. The molecule has 0 fully saturated rings. The summed E-state index contributed by atoms with van der Waals surface area (Å²) < 4.78 is 1.78. The zero-order chi connectivity index (χ0) is 11.7. The zero-order valence-electron chi connectivity index (χ0n) is 9.94. The summed E-state index contributed by atoms with van der Waals surface area (Å²) in [7, 11) is 1.90. The number of aryl methyl sites for hydroxylation is 3. The average molecular weight is 215 g/mol. The van der Waals surface area contributed by atoms with Crippen LogP contribution < -0.4 is 5.73 Å². The number of rotatable bonds is 2. The summed E-state index contributed by atoms with van der Waals surface area (Å²) in [5.41, 5.74) is 10.9. The molecular formula is C13H17N3. The van der Waals surface area contributed by atoms with E-state index in [4.69, 9.17) is 5.73 Å². The van der Waals surface area contributed by atoms with Gasteiger partial charge in [-0.2, -0.15) is 5.10 Å². The molecule has 0 amide bonds. The molecule has 3 nitrogen and oxygen atoms in total. The number of benzene rings is 1. The maximum absolute atomic E-state index is 6.25. The Bertz CT molecular complexity index is 500. The molecule has 0 aliphatic carbocycles. The summed E-state index contributed by atoms with van der Waals surface area (Å²) in [6, 6.07) is 6.27. The first-order chi connectivity index (χ1) is 7.58. The van der Waals surface area contributed by atoms with Crippen LogP contribution in [0.25, 0.3) is 0 Å². The molecular weight excluding hydrogens is 198 g/mol. The van der Waals surface area contributed by atoms with E-state index in [1.165, 1.54) is 16.7 Å². The number of hydrogen-bond donors (Lipinski definition) is 1. The van der Waals surface area contributed by atoms with Crippen molar-refractivity contribution in [3.8, 4) is 0 Å². The molecule has 1 unspecified atom stereocenters. The second-order valence-electron chi connectivity index (χ2n) is 4.29. The normalized spacial score (nSPS) is 12.8. The molecule has 84 valence electrons. The highest BCUT2D eigenvalue weighted by atomic mass is 15.2. The van der Waals surface area contributed by atoms with Crippen LogP contribution in [-0.4, -0.2) is 9.78 Å². The summed E-state index contributed by atoms with van der Waals surface area (Å²) in [5, 5.41) is 4.15. The van der Waals surface area contributed by atoms with Crippen molar-refractivity contribution in [1.82, 2.24) is 9.78 Å². The number of nitrogens with zero attached hydrogens (tertiary/aromatic N) is 2. The molecule has 2 rings (SSSR count). The van der Waals surface area contributed by atoms with Crippen molar-refractivity contribution in [3.63, 3.8) is 0 Å². The quantitative estimate of drug-likeness (QED) is 0.833. The summed E-state index contributed by atoms with van der Waals surface area (Å²) in [6.07, 6.45) is 3.79. The predicted octanol–water partition coefficient (Wildman–Crippen LogP) is 2.09. The van der Waals surface area contributed by atoms with Crippen molar-refractivity contribution in [3.05, 3.63) is 52.8 Å². The Morgan fingerprint density at radius 2 is 2.06 bits per heavy atom. The average Bonchev–Trinajstić information content (AvgIpc) is 2.67. The molecule has 0 spiro atoms. The lowest BCUT2D eigenvalue weighted by atomic mass is 9.96. The van der Waals surface area contributed by atoms with E-state index < -0.39 is 0 Å². The molecule has 1 aromatic heterocycles. The van der Waals surface area contributed by atoms with Crippen molar-refractivity contribution in [1.29, 1.82) is 0 Å². The van der Waals surface area contributed by atoms with Crippen molar-refractivity contribution in [2.75, 3.05) is 0 Å². The minimum atomic E-state index is -0.0893. The van der Waals surface area contributed by atoms with Crippen molar-refractivity contribution in [2.45, 2.75) is 19.9 Å². The maximum atomic E-state index is 6.25. The van der Waals surface area contributed by atoms with E-state index >= 15 is 0 Å². The molecule has 0 aliphatic rings. The third-order valence-corrected chi connectivity index (χ3v) is 2.85. The van der Waals surface area contributed by atoms with Crippen molar-refractivity contribution < 1.29 is 0 Å². The van der Waals surface area contributed by atoms with Gasteiger partial charge in [0.1, 0.15) is 0 Å². The molecule has 0 saturated carbocycles. The van der Waals surface area contributed by atoms with Gasteiger partial charge in [-0.3, -0.25) is 4.68 Å². The summed E-state index contributed by atoms with van der Waals surface area (Å²) in [4.78, 5) is 0. The fraction of sp³-hybridized carbons (Fsp3) is 0.308. The molecule has 0 saturated heterocycles. The molecule has 1 aromatic carbocycles. The van der Waals surface area contributed by atoms with Crippen molar-refractivity contribution in [2.24, 2.45) is 12.8 Å². The van der Waals surface area contributed by atoms with Gasteiger partial charge in [0.15, 0.2) is 0 Å². The first kappa shape index (κ1) is 10.9. The van der Waals surface area contributed by atoms with Gasteiger partial charge in [-0.25, -0.2) is 0 Å². The van der Waals surface area contributed by atoms with Crippen LogP contribution in [0.5, 0.6) is 0 Å². The van der Waals surface area contributed by atoms with Crippen LogP contribution in [-0.2, 0) is 7.05 Å². The molecule has 0 bridgehead atoms. The first-order valence-electron chi connectivity index (χ1n) is 5.39. The summed E-state index contributed by atoms with van der Waals surface area (Å²) in [6.45, 7) is 4.17. The summed E-state index contributed by atoms with van der Waals surface area (Å²) in [5.74, 6) is 0. The van der Waals surface area contributed by atoms with E-state index in [1.807, 2.05) is 19.4 Å². The number of aromatic nitrogens is 2. The highest BCUT2D eigenvalue weighted by molar-refractivity contribution is 5.37. The Balaban J connectivity index is 2.40. The predicted molar refractivity (Wildman–Crippen MR) is 65.2 cm³/mol. The number of hydrogen-bond acceptors (Lipinski definition) is 2. The second kappa shape index (κ2) is 4.10. The molecule has 0 aliphatic heterocycles. The Hall–Kier alpha value is -1.61. The molecule has 1 heterocycles. The van der Waals surface area contributed by atoms with Gasteiger partial charge in [0.05, 0.1) is 12.2 Å². The molecule has 2 aromatic rings. The van der Waals surface area contributed by atoms with Gasteiger partial charge in [-0.05, 0) is 25.0 Å². The van der Waals surface area contributed by atoms with Crippen LogP contribution >= 0.6 is 0 Å². The number of nitrogens with two attached hydrogens (primary N) is 1. The lowest BCUT2D eigenvalue weighted by Gasteiger charge is -2.13. The minimum Gasteiger partial charge on any atom is -0.320 e. The van der Waals surface area contributed by atoms with Gasteiger partial charge in [-0.15, -0.1) is 0 Å². The first-order valence-corrected chi connectivity index (χ1v) is 5.39. The van der Waals surface area contributed by atoms with Crippen LogP contribution in [0.2, 0.25) is 0 Å². The Morgan fingerprint density at radius 1 is 1.31 bits per heavy atom. The lowest BCUT2D eigenvalue weighted by Crippen LogP contribution is -2.12.